The molecule has 0 aliphatic carbocycles. The van der Waals surface area contributed by atoms with Crippen LogP contribution in [0.4, 0.5) is 5.69 Å². The van der Waals surface area contributed by atoms with Crippen molar-refractivity contribution in [1.82, 2.24) is 9.55 Å². The maximum atomic E-state index is 13.4. The molecule has 0 saturated carbocycles. The molecule has 3 aromatic carbocycles. The number of aryl methyl sites for hydroxylation is 2. The molecule has 1 aromatic heterocycles. The van der Waals surface area contributed by atoms with E-state index in [0.717, 1.165) is 22.4 Å². The molecule has 1 heterocycles. The highest BCUT2D eigenvalue weighted by Crippen LogP contribution is 2.24. The Labute approximate surface area is 195 Å². The lowest BCUT2D eigenvalue weighted by atomic mass is 10.1. The molecule has 1 amide bonds. The van der Waals surface area contributed by atoms with E-state index in [1.54, 1.807) is 28.8 Å². The van der Waals surface area contributed by atoms with Crippen LogP contribution in [0.1, 0.15) is 16.7 Å². The largest absolute Gasteiger partial charge is 0.325 e. The first-order valence-corrected chi connectivity index (χ1v) is 11.4. The van der Waals surface area contributed by atoms with Crippen LogP contribution in [0.5, 0.6) is 0 Å². The molecule has 1 N–H and O–H groups in total. The predicted octanol–water partition coefficient (Wildman–Crippen LogP) is 4.80. The number of carbonyl (C=O) groups is 1. The van der Waals surface area contributed by atoms with Crippen LogP contribution in [0.3, 0.4) is 0 Å². The quantitative estimate of drug-likeness (QED) is 0.334. The van der Waals surface area contributed by atoms with E-state index in [4.69, 9.17) is 10.2 Å². The summed E-state index contributed by atoms with van der Waals surface area (Å²) in [6.45, 7) is 3.96. The first-order valence-electron chi connectivity index (χ1n) is 10.4. The fourth-order valence-electron chi connectivity index (χ4n) is 3.60. The molecule has 33 heavy (non-hydrogen) atoms. The molecule has 0 aliphatic heterocycles. The van der Waals surface area contributed by atoms with Gasteiger partial charge in [-0.15, -0.1) is 0 Å². The van der Waals surface area contributed by atoms with E-state index in [0.29, 0.717) is 28.2 Å². The first kappa shape index (κ1) is 22.3. The van der Waals surface area contributed by atoms with Crippen molar-refractivity contribution in [2.75, 3.05) is 11.1 Å². The second-order valence-corrected chi connectivity index (χ2v) is 8.65. The molecule has 0 unspecified atom stereocenters. The van der Waals surface area contributed by atoms with Crippen LogP contribution in [0.2, 0.25) is 0 Å². The van der Waals surface area contributed by atoms with Crippen molar-refractivity contribution in [1.29, 1.82) is 5.26 Å². The summed E-state index contributed by atoms with van der Waals surface area (Å²) in [4.78, 5) is 30.7. The number of fused-ring (bicyclic) bond motifs is 1. The Bertz CT molecular complexity index is 1440. The van der Waals surface area contributed by atoms with Gasteiger partial charge in [-0.05, 0) is 55.3 Å². The van der Waals surface area contributed by atoms with Crippen LogP contribution in [0.25, 0.3) is 16.6 Å². The average Bonchev–Trinajstić information content (AvgIpc) is 2.80. The number of aromatic nitrogens is 2. The number of carbonyl (C=O) groups excluding carboxylic acids is 1. The van der Waals surface area contributed by atoms with E-state index >= 15 is 0 Å². The second kappa shape index (κ2) is 9.72. The van der Waals surface area contributed by atoms with Crippen molar-refractivity contribution in [3.05, 3.63) is 93.8 Å². The molecule has 0 atom stereocenters. The molecule has 6 nitrogen and oxygen atoms in total. The Morgan fingerprint density at radius 3 is 2.58 bits per heavy atom. The number of amides is 1. The lowest BCUT2D eigenvalue weighted by Crippen LogP contribution is -2.23. The molecular weight excluding hydrogens is 432 g/mol. The summed E-state index contributed by atoms with van der Waals surface area (Å²) < 4.78 is 1.59. The summed E-state index contributed by atoms with van der Waals surface area (Å²) in [7, 11) is 0. The Morgan fingerprint density at radius 1 is 1.09 bits per heavy atom. The number of rotatable bonds is 6. The maximum Gasteiger partial charge on any atom is 0.266 e. The van der Waals surface area contributed by atoms with Gasteiger partial charge in [0.05, 0.1) is 34.8 Å². The molecule has 0 saturated heterocycles. The molecule has 7 heteroatoms. The van der Waals surface area contributed by atoms with Gasteiger partial charge in [0.1, 0.15) is 0 Å². The number of para-hydroxylation sites is 1. The van der Waals surface area contributed by atoms with Gasteiger partial charge in [0.25, 0.3) is 5.56 Å². The van der Waals surface area contributed by atoms with E-state index in [-0.39, 0.29) is 17.2 Å². The molecule has 0 radical (unpaired) electrons. The molecular formula is C26H22N4O2S. The van der Waals surface area contributed by atoms with Gasteiger partial charge in [0, 0.05) is 5.69 Å². The average molecular weight is 455 g/mol. The third-order valence-electron chi connectivity index (χ3n) is 5.19. The lowest BCUT2D eigenvalue weighted by Gasteiger charge is -2.15. The zero-order valence-corrected chi connectivity index (χ0v) is 19.1. The van der Waals surface area contributed by atoms with Gasteiger partial charge in [-0.1, -0.05) is 53.7 Å². The normalized spacial score (nSPS) is 10.7. The number of thioether (sulfide) groups is 1. The van der Waals surface area contributed by atoms with E-state index in [9.17, 15) is 9.59 Å². The SMILES string of the molecule is Cc1ccc(-n2c(SCC(=O)Nc3ccc(CC#N)cc3)nc3ccccc3c2=O)c(C)c1. The predicted molar refractivity (Wildman–Crippen MR) is 132 cm³/mol. The Kier molecular flexibility index (Phi) is 6.57. The maximum absolute atomic E-state index is 13.4. The van der Waals surface area contributed by atoms with Crippen LogP contribution in [-0.2, 0) is 11.2 Å². The number of hydrogen-bond donors (Lipinski definition) is 1. The highest BCUT2D eigenvalue weighted by molar-refractivity contribution is 7.99. The van der Waals surface area contributed by atoms with Gasteiger partial charge >= 0.3 is 0 Å². The van der Waals surface area contributed by atoms with Crippen LogP contribution in [0, 0.1) is 25.2 Å². The van der Waals surface area contributed by atoms with E-state index < -0.39 is 0 Å². The van der Waals surface area contributed by atoms with Gasteiger partial charge in [-0.2, -0.15) is 5.26 Å². The van der Waals surface area contributed by atoms with Gasteiger partial charge in [0.2, 0.25) is 5.91 Å². The fourth-order valence-corrected chi connectivity index (χ4v) is 4.41. The van der Waals surface area contributed by atoms with Gasteiger partial charge in [-0.3, -0.25) is 14.2 Å². The Morgan fingerprint density at radius 2 is 1.85 bits per heavy atom. The Balaban J connectivity index is 1.63. The van der Waals surface area contributed by atoms with Crippen LogP contribution >= 0.6 is 11.8 Å². The lowest BCUT2D eigenvalue weighted by molar-refractivity contribution is -0.113. The number of nitrogens with one attached hydrogen (secondary N) is 1. The molecule has 0 fully saturated rings. The number of benzene rings is 3. The number of hydrogen-bond acceptors (Lipinski definition) is 5. The molecule has 4 rings (SSSR count). The van der Waals surface area contributed by atoms with E-state index in [1.807, 2.05) is 56.3 Å². The van der Waals surface area contributed by atoms with Crippen LogP contribution < -0.4 is 10.9 Å². The number of nitrogens with zero attached hydrogens (tertiary/aromatic N) is 3. The highest BCUT2D eigenvalue weighted by atomic mass is 32.2. The molecule has 0 spiro atoms. The van der Waals surface area contributed by atoms with Crippen molar-refractivity contribution in [2.45, 2.75) is 25.4 Å². The minimum atomic E-state index is -0.206. The number of nitriles is 1. The summed E-state index contributed by atoms with van der Waals surface area (Å²) >= 11 is 1.22. The summed E-state index contributed by atoms with van der Waals surface area (Å²) in [5.74, 6) is -0.113. The highest BCUT2D eigenvalue weighted by Gasteiger charge is 2.16. The summed E-state index contributed by atoms with van der Waals surface area (Å²) in [6.07, 6.45) is 0.327. The van der Waals surface area contributed by atoms with Gasteiger partial charge in [0.15, 0.2) is 5.16 Å². The molecule has 0 bridgehead atoms. The van der Waals surface area contributed by atoms with Gasteiger partial charge < -0.3 is 5.32 Å². The van der Waals surface area contributed by atoms with Crippen molar-refractivity contribution in [2.24, 2.45) is 0 Å². The van der Waals surface area contributed by atoms with Crippen LogP contribution in [0.15, 0.2) is 76.7 Å². The Hall–Kier alpha value is -3.89. The minimum Gasteiger partial charge on any atom is -0.325 e. The molecule has 4 aromatic rings. The smallest absolute Gasteiger partial charge is 0.266 e. The summed E-state index contributed by atoms with van der Waals surface area (Å²) in [5.41, 5.74) is 4.79. The fraction of sp³-hybridized carbons (Fsp3) is 0.154. The molecule has 164 valence electrons. The van der Waals surface area contributed by atoms with Crippen molar-refractivity contribution >= 4 is 34.3 Å². The topological polar surface area (TPSA) is 87.8 Å². The second-order valence-electron chi connectivity index (χ2n) is 7.71. The van der Waals surface area contributed by atoms with E-state index in [2.05, 4.69) is 11.4 Å². The summed E-state index contributed by atoms with van der Waals surface area (Å²) in [5, 5.41) is 12.6. The number of anilines is 1. The first-order chi connectivity index (χ1) is 16.0. The standard InChI is InChI=1S/C26H22N4O2S/c1-17-7-12-23(18(2)15-17)30-25(32)21-5-3-4-6-22(21)29-26(30)33-16-24(31)28-20-10-8-19(9-11-20)13-14-27/h3-12,15H,13,16H2,1-2H3,(H,28,31). The van der Waals surface area contributed by atoms with Crippen molar-refractivity contribution < 1.29 is 4.79 Å². The third kappa shape index (κ3) is 4.97. The van der Waals surface area contributed by atoms with Gasteiger partial charge in [-0.25, -0.2) is 4.98 Å². The van der Waals surface area contributed by atoms with Crippen LogP contribution in [-0.4, -0.2) is 21.2 Å². The molecule has 0 aliphatic rings. The minimum absolute atomic E-state index is 0.0929. The van der Waals surface area contributed by atoms with Crippen molar-refractivity contribution in [3.63, 3.8) is 0 Å². The zero-order chi connectivity index (χ0) is 23.4. The monoisotopic (exact) mass is 454 g/mol. The zero-order valence-electron chi connectivity index (χ0n) is 18.3. The third-order valence-corrected chi connectivity index (χ3v) is 6.13. The van der Waals surface area contributed by atoms with E-state index in [1.165, 1.54) is 11.8 Å². The van der Waals surface area contributed by atoms with Crippen molar-refractivity contribution in [3.8, 4) is 11.8 Å². The summed E-state index contributed by atoms with van der Waals surface area (Å²) in [6, 6.07) is 22.4.